The van der Waals surface area contributed by atoms with Crippen molar-refractivity contribution in [3.8, 4) is 0 Å². The normalized spacial score (nSPS) is 17.4. The Balaban J connectivity index is 1.88. The van der Waals surface area contributed by atoms with Crippen LogP contribution in [0.25, 0.3) is 6.08 Å². The number of thiophene rings is 1. The molecule has 2 aromatic rings. The van der Waals surface area contributed by atoms with E-state index in [1.165, 1.54) is 29.5 Å². The zero-order valence-electron chi connectivity index (χ0n) is 11.2. The van der Waals surface area contributed by atoms with Gasteiger partial charge in [-0.25, -0.2) is 0 Å². The van der Waals surface area contributed by atoms with Gasteiger partial charge < -0.3 is 5.32 Å². The Labute approximate surface area is 135 Å². The summed E-state index contributed by atoms with van der Waals surface area (Å²) in [4.78, 5) is 36.6. The molecule has 1 aliphatic heterocycles. The van der Waals surface area contributed by atoms with E-state index >= 15 is 0 Å². The average Bonchev–Trinajstić information content (AvgIpc) is 2.98. The predicted molar refractivity (Wildman–Crippen MR) is 86.3 cm³/mol. The largest absolute Gasteiger partial charge is 0.324 e. The monoisotopic (exact) mass is 331 g/mol. The first kappa shape index (κ1) is 14.7. The third-order valence-corrected chi connectivity index (χ3v) is 4.23. The van der Waals surface area contributed by atoms with Crippen LogP contribution < -0.4 is 5.32 Å². The summed E-state index contributed by atoms with van der Waals surface area (Å²) >= 11 is 7.34. The second-order valence-electron chi connectivity index (χ2n) is 4.77. The quantitative estimate of drug-likeness (QED) is 0.692. The molecule has 1 aliphatic rings. The van der Waals surface area contributed by atoms with Gasteiger partial charge in [-0.1, -0.05) is 17.7 Å². The lowest BCUT2D eigenvalue weighted by atomic mass is 9.88. The van der Waals surface area contributed by atoms with Crippen molar-refractivity contribution >= 4 is 52.2 Å². The van der Waals surface area contributed by atoms with E-state index in [4.69, 9.17) is 11.6 Å². The van der Waals surface area contributed by atoms with Gasteiger partial charge in [-0.2, -0.15) is 11.3 Å². The number of ketones is 2. The number of rotatable bonds is 3. The fourth-order valence-corrected chi connectivity index (χ4v) is 3.02. The highest BCUT2D eigenvalue weighted by molar-refractivity contribution is 7.08. The van der Waals surface area contributed by atoms with Crippen molar-refractivity contribution < 1.29 is 14.4 Å². The summed E-state index contributed by atoms with van der Waals surface area (Å²) in [7, 11) is 0. The summed E-state index contributed by atoms with van der Waals surface area (Å²) in [6.45, 7) is 0. The fraction of sp³-hybridized carbons (Fsp3) is 0.0625. The highest BCUT2D eigenvalue weighted by Gasteiger charge is 2.38. The van der Waals surface area contributed by atoms with Crippen molar-refractivity contribution in [2.24, 2.45) is 5.92 Å². The maximum absolute atomic E-state index is 12.4. The first-order valence-electron chi connectivity index (χ1n) is 6.45. The number of allylic oxidation sites excluding steroid dienone is 1. The molecule has 0 bridgehead atoms. The number of Topliss-reactive ketones (excluding diaryl/α,β-unsaturated/α-hetero) is 1. The van der Waals surface area contributed by atoms with Gasteiger partial charge in [0.1, 0.15) is 0 Å². The van der Waals surface area contributed by atoms with Crippen molar-refractivity contribution in [3.05, 3.63) is 57.3 Å². The van der Waals surface area contributed by atoms with E-state index in [2.05, 4.69) is 5.32 Å². The van der Waals surface area contributed by atoms with E-state index < -0.39 is 23.4 Å². The van der Waals surface area contributed by atoms with Crippen molar-refractivity contribution in [3.63, 3.8) is 0 Å². The Kier molecular flexibility index (Phi) is 3.92. The highest BCUT2D eigenvalue weighted by Crippen LogP contribution is 2.29. The molecule has 1 unspecified atom stereocenters. The molecule has 3 rings (SSSR count). The molecule has 1 aromatic heterocycles. The zero-order chi connectivity index (χ0) is 15.7. The number of halogens is 1. The predicted octanol–water partition coefficient (Wildman–Crippen LogP) is 3.44. The SMILES string of the molecule is O=C(/C=C/c1ccsc1)C1C(=O)Nc2cc(Cl)ccc2C1=O. The smallest absolute Gasteiger partial charge is 0.243 e. The molecule has 1 amide bonds. The van der Waals surface area contributed by atoms with Gasteiger partial charge >= 0.3 is 0 Å². The van der Waals surface area contributed by atoms with Gasteiger partial charge in [0.05, 0.1) is 5.69 Å². The second-order valence-corrected chi connectivity index (χ2v) is 5.99. The van der Waals surface area contributed by atoms with Crippen LogP contribution in [0, 0.1) is 5.92 Å². The minimum Gasteiger partial charge on any atom is -0.324 e. The van der Waals surface area contributed by atoms with Crippen LogP contribution in [-0.4, -0.2) is 17.5 Å². The molecule has 0 saturated carbocycles. The maximum Gasteiger partial charge on any atom is 0.243 e. The van der Waals surface area contributed by atoms with Gasteiger partial charge in [-0.3, -0.25) is 14.4 Å². The molecular weight excluding hydrogens is 322 g/mol. The number of amides is 1. The van der Waals surface area contributed by atoms with Gasteiger partial charge in [0.2, 0.25) is 5.91 Å². The van der Waals surface area contributed by atoms with Crippen molar-refractivity contribution in [1.82, 2.24) is 0 Å². The summed E-state index contributed by atoms with van der Waals surface area (Å²) in [5, 5.41) is 6.71. The lowest BCUT2D eigenvalue weighted by molar-refractivity contribution is -0.126. The minimum atomic E-state index is -1.34. The van der Waals surface area contributed by atoms with Crippen molar-refractivity contribution in [2.45, 2.75) is 0 Å². The Hall–Kier alpha value is -2.24. The molecule has 1 atom stereocenters. The van der Waals surface area contributed by atoms with Gasteiger partial charge in [0.15, 0.2) is 17.5 Å². The third kappa shape index (κ3) is 2.73. The van der Waals surface area contributed by atoms with Gasteiger partial charge in [0.25, 0.3) is 0 Å². The molecular formula is C16H10ClNO3S. The first-order valence-corrected chi connectivity index (χ1v) is 7.77. The lowest BCUT2D eigenvalue weighted by Gasteiger charge is -2.21. The summed E-state index contributed by atoms with van der Waals surface area (Å²) < 4.78 is 0. The Morgan fingerprint density at radius 3 is 2.82 bits per heavy atom. The van der Waals surface area contributed by atoms with Crippen LogP contribution in [0.1, 0.15) is 15.9 Å². The van der Waals surface area contributed by atoms with Crippen molar-refractivity contribution in [1.29, 1.82) is 0 Å². The molecule has 22 heavy (non-hydrogen) atoms. The van der Waals surface area contributed by atoms with E-state index in [0.717, 1.165) is 5.56 Å². The topological polar surface area (TPSA) is 63.2 Å². The molecule has 0 radical (unpaired) electrons. The molecule has 110 valence electrons. The summed E-state index contributed by atoms with van der Waals surface area (Å²) in [6.07, 6.45) is 2.86. The molecule has 2 heterocycles. The van der Waals surface area contributed by atoms with E-state index in [9.17, 15) is 14.4 Å². The number of anilines is 1. The van der Waals surface area contributed by atoms with Crippen LogP contribution in [0.15, 0.2) is 41.1 Å². The minimum absolute atomic E-state index is 0.297. The number of hydrogen-bond acceptors (Lipinski definition) is 4. The summed E-state index contributed by atoms with van der Waals surface area (Å²) in [5.41, 5.74) is 1.49. The Bertz CT molecular complexity index is 796. The fourth-order valence-electron chi connectivity index (χ4n) is 2.22. The van der Waals surface area contributed by atoms with E-state index in [1.54, 1.807) is 12.1 Å². The van der Waals surface area contributed by atoms with Gasteiger partial charge in [0, 0.05) is 10.6 Å². The molecule has 1 aromatic carbocycles. The Morgan fingerprint density at radius 1 is 1.27 bits per heavy atom. The van der Waals surface area contributed by atoms with E-state index in [1.807, 2.05) is 16.8 Å². The zero-order valence-corrected chi connectivity index (χ0v) is 12.8. The molecule has 1 N–H and O–H groups in total. The maximum atomic E-state index is 12.4. The number of carbonyl (C=O) groups excluding carboxylic acids is 3. The van der Waals surface area contributed by atoms with Crippen LogP contribution in [0.5, 0.6) is 0 Å². The van der Waals surface area contributed by atoms with E-state index in [0.29, 0.717) is 16.3 Å². The number of hydrogen-bond donors (Lipinski definition) is 1. The van der Waals surface area contributed by atoms with Gasteiger partial charge in [-0.05, 0) is 46.7 Å². The van der Waals surface area contributed by atoms with Gasteiger partial charge in [-0.15, -0.1) is 0 Å². The molecule has 0 aliphatic carbocycles. The number of fused-ring (bicyclic) bond motifs is 1. The van der Waals surface area contributed by atoms with Crippen LogP contribution in [0.3, 0.4) is 0 Å². The molecule has 0 saturated heterocycles. The van der Waals surface area contributed by atoms with Crippen LogP contribution in [-0.2, 0) is 9.59 Å². The van der Waals surface area contributed by atoms with Crippen LogP contribution >= 0.6 is 22.9 Å². The average molecular weight is 332 g/mol. The molecule has 0 spiro atoms. The molecule has 6 heteroatoms. The van der Waals surface area contributed by atoms with Crippen molar-refractivity contribution in [2.75, 3.05) is 5.32 Å². The Morgan fingerprint density at radius 2 is 2.09 bits per heavy atom. The summed E-state index contributed by atoms with van der Waals surface area (Å²) in [5.74, 6) is -3.01. The highest BCUT2D eigenvalue weighted by atomic mass is 35.5. The molecule has 0 fully saturated rings. The summed E-state index contributed by atoms with van der Waals surface area (Å²) in [6, 6.07) is 6.41. The second kappa shape index (κ2) is 5.87. The van der Waals surface area contributed by atoms with E-state index in [-0.39, 0.29) is 0 Å². The number of nitrogens with one attached hydrogen (secondary N) is 1. The number of carbonyl (C=O) groups is 3. The lowest BCUT2D eigenvalue weighted by Crippen LogP contribution is -2.39. The number of benzene rings is 1. The molecule has 4 nitrogen and oxygen atoms in total. The third-order valence-electron chi connectivity index (χ3n) is 3.30. The first-order chi connectivity index (χ1) is 10.6. The standard InChI is InChI=1S/C16H10ClNO3S/c17-10-2-3-11-12(7-10)18-16(21)14(15(11)20)13(19)4-1-9-5-6-22-8-9/h1-8,14H,(H,18,21)/b4-1+. The van der Waals surface area contributed by atoms with Crippen LogP contribution in [0.4, 0.5) is 5.69 Å². The van der Waals surface area contributed by atoms with Crippen LogP contribution in [0.2, 0.25) is 5.02 Å².